The van der Waals surface area contributed by atoms with Gasteiger partial charge in [-0.3, -0.25) is 19.1 Å². The molecule has 0 aliphatic carbocycles. The van der Waals surface area contributed by atoms with E-state index in [0.717, 1.165) is 0 Å². The third-order valence-corrected chi connectivity index (χ3v) is 5.24. The molecule has 184 valence electrons. The maximum absolute atomic E-state index is 13.6. The predicted molar refractivity (Wildman–Crippen MR) is 112 cm³/mol. The van der Waals surface area contributed by atoms with Crippen LogP contribution in [0.4, 0.5) is 4.39 Å². The highest BCUT2D eigenvalue weighted by Crippen LogP contribution is 2.28. The number of aromatic nitrogens is 2. The van der Waals surface area contributed by atoms with Crippen LogP contribution in [-0.4, -0.2) is 67.7 Å². The van der Waals surface area contributed by atoms with Crippen molar-refractivity contribution in [1.29, 1.82) is 0 Å². The second kappa shape index (κ2) is 10.6. The Morgan fingerprint density at radius 1 is 1.24 bits per heavy atom. The third kappa shape index (κ3) is 5.68. The van der Waals surface area contributed by atoms with Crippen molar-refractivity contribution in [2.75, 3.05) is 6.61 Å². The molecule has 1 amide bonds. The van der Waals surface area contributed by atoms with Crippen LogP contribution in [0.3, 0.4) is 0 Å². The molecule has 1 aliphatic heterocycles. The van der Waals surface area contributed by atoms with Crippen LogP contribution in [0, 0.1) is 5.82 Å². The SMILES string of the molecule is CCC(=O)N[C@@H](Cc1ccc(O)cc1)C(=O)OC[C@H]1O[C@@H](n2cc(F)c(=O)[nH]c2=O)[C@H](O)[C@@H]1O. The summed E-state index contributed by atoms with van der Waals surface area (Å²) in [6.45, 7) is 1.05. The number of hydrogen-bond donors (Lipinski definition) is 5. The van der Waals surface area contributed by atoms with Gasteiger partial charge in [-0.05, 0) is 17.7 Å². The zero-order valence-corrected chi connectivity index (χ0v) is 18.0. The fraction of sp³-hybridized carbons (Fsp3) is 0.429. The zero-order chi connectivity index (χ0) is 25.0. The fourth-order valence-electron chi connectivity index (χ4n) is 3.37. The summed E-state index contributed by atoms with van der Waals surface area (Å²) in [7, 11) is 0. The number of aliphatic hydroxyl groups is 2. The van der Waals surface area contributed by atoms with Gasteiger partial charge in [0.15, 0.2) is 6.23 Å². The number of aromatic hydroxyl groups is 1. The van der Waals surface area contributed by atoms with E-state index in [1.807, 2.05) is 0 Å². The van der Waals surface area contributed by atoms with Gasteiger partial charge in [-0.1, -0.05) is 19.1 Å². The minimum absolute atomic E-state index is 0.0300. The quantitative estimate of drug-likeness (QED) is 0.286. The topological polar surface area (TPSA) is 180 Å². The van der Waals surface area contributed by atoms with E-state index in [-0.39, 0.29) is 18.6 Å². The van der Waals surface area contributed by atoms with Crippen LogP contribution in [-0.2, 0) is 25.5 Å². The number of nitrogens with zero attached hydrogens (tertiary/aromatic N) is 1. The smallest absolute Gasteiger partial charge is 0.330 e. The maximum Gasteiger partial charge on any atom is 0.330 e. The van der Waals surface area contributed by atoms with E-state index in [2.05, 4.69) is 5.32 Å². The molecule has 3 rings (SSSR count). The van der Waals surface area contributed by atoms with E-state index in [1.54, 1.807) is 24.0 Å². The van der Waals surface area contributed by atoms with Gasteiger partial charge in [0.1, 0.15) is 36.7 Å². The number of amides is 1. The summed E-state index contributed by atoms with van der Waals surface area (Å²) in [5.41, 5.74) is -1.70. The van der Waals surface area contributed by atoms with Crippen molar-refractivity contribution in [1.82, 2.24) is 14.9 Å². The number of nitrogens with one attached hydrogen (secondary N) is 2. The number of aliphatic hydroxyl groups excluding tert-OH is 2. The summed E-state index contributed by atoms with van der Waals surface area (Å²) >= 11 is 0. The minimum atomic E-state index is -1.70. The van der Waals surface area contributed by atoms with Crippen molar-refractivity contribution in [2.45, 2.75) is 50.3 Å². The standard InChI is InChI=1S/C21H24FN3O9/c1-2-15(27)23-13(7-10-3-5-11(26)6-4-10)20(31)33-9-14-16(28)17(29)19(34-14)25-8-12(22)18(30)24-21(25)32/h3-6,8,13-14,16-17,19,26,28-29H,2,7,9H2,1H3,(H,23,27)(H,24,30,32)/t13-,14+,16+,17+,19+/m0/s1. The molecule has 1 aromatic heterocycles. The molecule has 0 unspecified atom stereocenters. The Balaban J connectivity index is 1.69. The van der Waals surface area contributed by atoms with Crippen molar-refractivity contribution < 1.29 is 38.8 Å². The minimum Gasteiger partial charge on any atom is -0.508 e. The third-order valence-electron chi connectivity index (χ3n) is 5.24. The van der Waals surface area contributed by atoms with Crippen molar-refractivity contribution in [3.63, 3.8) is 0 Å². The molecule has 1 fully saturated rings. The van der Waals surface area contributed by atoms with Gasteiger partial charge < -0.3 is 30.1 Å². The number of phenols is 1. The van der Waals surface area contributed by atoms with Crippen LogP contribution in [0.1, 0.15) is 25.1 Å². The Kier molecular flexibility index (Phi) is 7.81. The van der Waals surface area contributed by atoms with E-state index in [9.17, 15) is 38.9 Å². The lowest BCUT2D eigenvalue weighted by atomic mass is 10.1. The van der Waals surface area contributed by atoms with Gasteiger partial charge in [-0.25, -0.2) is 9.59 Å². The Morgan fingerprint density at radius 3 is 2.56 bits per heavy atom. The van der Waals surface area contributed by atoms with Gasteiger partial charge in [0.2, 0.25) is 11.7 Å². The lowest BCUT2D eigenvalue weighted by Gasteiger charge is -2.20. The van der Waals surface area contributed by atoms with E-state index in [1.165, 1.54) is 12.1 Å². The number of carbonyl (C=O) groups is 2. The highest BCUT2D eigenvalue weighted by atomic mass is 19.1. The van der Waals surface area contributed by atoms with Crippen LogP contribution in [0.15, 0.2) is 40.1 Å². The van der Waals surface area contributed by atoms with Crippen molar-refractivity contribution in [3.05, 3.63) is 62.7 Å². The number of ether oxygens (including phenoxy) is 2. The average molecular weight is 481 g/mol. The molecule has 1 aliphatic rings. The van der Waals surface area contributed by atoms with Crippen LogP contribution in [0.25, 0.3) is 0 Å². The maximum atomic E-state index is 13.6. The lowest BCUT2D eigenvalue weighted by Crippen LogP contribution is -2.44. The molecule has 2 heterocycles. The second-order valence-electron chi connectivity index (χ2n) is 7.66. The summed E-state index contributed by atoms with van der Waals surface area (Å²) in [5.74, 6) is -2.53. The first-order valence-electron chi connectivity index (χ1n) is 10.4. The number of esters is 1. The average Bonchev–Trinajstić information content (AvgIpc) is 3.09. The summed E-state index contributed by atoms with van der Waals surface area (Å²) in [6.07, 6.45) is -5.45. The number of rotatable bonds is 8. The number of halogens is 1. The largest absolute Gasteiger partial charge is 0.508 e. The number of H-pyrrole nitrogens is 1. The summed E-state index contributed by atoms with van der Waals surface area (Å²) in [4.78, 5) is 49.4. The molecule has 0 radical (unpaired) electrons. The first kappa shape index (κ1) is 25.1. The number of carbonyl (C=O) groups excluding carboxylic acids is 2. The van der Waals surface area contributed by atoms with E-state index >= 15 is 0 Å². The van der Waals surface area contributed by atoms with Gasteiger partial charge in [0.05, 0.1) is 6.20 Å². The van der Waals surface area contributed by atoms with Gasteiger partial charge in [0.25, 0.3) is 5.56 Å². The van der Waals surface area contributed by atoms with E-state index in [4.69, 9.17) is 9.47 Å². The molecule has 2 aromatic rings. The summed E-state index contributed by atoms with van der Waals surface area (Å²) < 4.78 is 24.7. The number of benzene rings is 1. The Labute approximate surface area is 191 Å². The van der Waals surface area contributed by atoms with Crippen molar-refractivity contribution in [3.8, 4) is 5.75 Å². The Hall–Kier alpha value is -3.55. The molecule has 0 spiro atoms. The van der Waals surface area contributed by atoms with Crippen molar-refractivity contribution >= 4 is 11.9 Å². The molecule has 5 atom stereocenters. The fourth-order valence-corrected chi connectivity index (χ4v) is 3.37. The van der Waals surface area contributed by atoms with Crippen LogP contribution >= 0.6 is 0 Å². The van der Waals surface area contributed by atoms with Gasteiger partial charge in [0, 0.05) is 12.8 Å². The molecule has 0 bridgehead atoms. The van der Waals surface area contributed by atoms with Crippen LogP contribution in [0.2, 0.25) is 0 Å². The molecule has 1 aromatic carbocycles. The van der Waals surface area contributed by atoms with Crippen LogP contribution < -0.4 is 16.6 Å². The van der Waals surface area contributed by atoms with Gasteiger partial charge >= 0.3 is 11.7 Å². The zero-order valence-electron chi connectivity index (χ0n) is 18.0. The van der Waals surface area contributed by atoms with Crippen molar-refractivity contribution in [2.24, 2.45) is 0 Å². The Bertz CT molecular complexity index is 1150. The van der Waals surface area contributed by atoms with E-state index in [0.29, 0.717) is 16.3 Å². The highest BCUT2D eigenvalue weighted by Gasteiger charge is 2.45. The Morgan fingerprint density at radius 2 is 1.91 bits per heavy atom. The predicted octanol–water partition coefficient (Wildman–Crippen LogP) is -1.32. The molecule has 1 saturated heterocycles. The first-order valence-corrected chi connectivity index (χ1v) is 10.4. The van der Waals surface area contributed by atoms with E-state index < -0.39 is 66.1 Å². The summed E-state index contributed by atoms with van der Waals surface area (Å²) in [5, 5.41) is 32.4. The number of aromatic amines is 1. The molecule has 34 heavy (non-hydrogen) atoms. The van der Waals surface area contributed by atoms with Gasteiger partial charge in [-0.2, -0.15) is 4.39 Å². The van der Waals surface area contributed by atoms with Gasteiger partial charge in [-0.15, -0.1) is 0 Å². The molecule has 5 N–H and O–H groups in total. The lowest BCUT2D eigenvalue weighted by molar-refractivity contribution is -0.154. The molecule has 0 saturated carbocycles. The number of hydrogen-bond acceptors (Lipinski definition) is 9. The second-order valence-corrected chi connectivity index (χ2v) is 7.66. The molecule has 13 heteroatoms. The van der Waals surface area contributed by atoms with Crippen LogP contribution in [0.5, 0.6) is 5.75 Å². The highest BCUT2D eigenvalue weighted by molar-refractivity contribution is 5.84. The monoisotopic (exact) mass is 481 g/mol. The molecular formula is C21H24FN3O9. The number of phenolic OH excluding ortho intramolecular Hbond substituents is 1. The molecule has 12 nitrogen and oxygen atoms in total. The summed E-state index contributed by atoms with van der Waals surface area (Å²) in [6, 6.07) is 4.89. The first-order chi connectivity index (χ1) is 16.1. The molecular weight excluding hydrogens is 457 g/mol. The normalized spacial score (nSPS) is 22.8.